The van der Waals surface area contributed by atoms with Crippen LogP contribution in [0.1, 0.15) is 46.8 Å². The summed E-state index contributed by atoms with van der Waals surface area (Å²) < 4.78 is 6.35. The first-order valence-electron chi connectivity index (χ1n) is 12.6. The van der Waals surface area contributed by atoms with E-state index < -0.39 is 0 Å². The number of hydrogen-bond acceptors (Lipinski definition) is 9. The molecule has 0 aromatic carbocycles. The maximum atomic E-state index is 13.0. The number of amides is 1. The highest BCUT2D eigenvalue weighted by Gasteiger charge is 2.29. The van der Waals surface area contributed by atoms with Crippen molar-refractivity contribution in [3.05, 3.63) is 35.0 Å². The lowest BCUT2D eigenvalue weighted by atomic mass is 9.96. The van der Waals surface area contributed by atoms with Gasteiger partial charge in [-0.25, -0.2) is 15.0 Å². The van der Waals surface area contributed by atoms with Crippen molar-refractivity contribution in [1.29, 1.82) is 0 Å². The monoisotopic (exact) mass is 509 g/mol. The summed E-state index contributed by atoms with van der Waals surface area (Å²) in [6.07, 6.45) is 8.33. The molecule has 1 saturated carbocycles. The van der Waals surface area contributed by atoms with E-state index in [0.29, 0.717) is 30.3 Å². The number of piperazine rings is 1. The van der Waals surface area contributed by atoms with Gasteiger partial charge in [0.1, 0.15) is 5.82 Å². The Morgan fingerprint density at radius 2 is 2.00 bits per heavy atom. The standard InChI is InChI=1S/C26H35N7O2S/c1-31(2)25(34)24-22(17-7-5-6-8-17)23-20(36-24)14-28-26(30-23)29-21-10-9-18(13-27-21)33-12-11-32(3)19(15-33)16-35-4/h9-10,13-14,17,19H,5-8,11-12,15-16H2,1-4H3,(H,27,28,29,30). The highest BCUT2D eigenvalue weighted by Crippen LogP contribution is 2.43. The van der Waals surface area contributed by atoms with Crippen molar-refractivity contribution in [1.82, 2.24) is 24.8 Å². The highest BCUT2D eigenvalue weighted by atomic mass is 32.1. The van der Waals surface area contributed by atoms with E-state index in [-0.39, 0.29) is 5.91 Å². The van der Waals surface area contributed by atoms with Crippen LogP contribution in [0.5, 0.6) is 0 Å². The molecule has 0 spiro atoms. The molecule has 192 valence electrons. The Bertz CT molecular complexity index is 1210. The number of ether oxygens (including phenoxy) is 1. The van der Waals surface area contributed by atoms with Gasteiger partial charge in [-0.1, -0.05) is 12.8 Å². The summed E-state index contributed by atoms with van der Waals surface area (Å²) >= 11 is 1.51. The number of carbonyl (C=O) groups is 1. The van der Waals surface area contributed by atoms with Crippen LogP contribution in [-0.2, 0) is 4.74 Å². The lowest BCUT2D eigenvalue weighted by Crippen LogP contribution is -2.53. The summed E-state index contributed by atoms with van der Waals surface area (Å²) in [5.74, 6) is 1.62. The van der Waals surface area contributed by atoms with Crippen molar-refractivity contribution >= 4 is 44.9 Å². The van der Waals surface area contributed by atoms with Gasteiger partial charge in [-0.15, -0.1) is 11.3 Å². The summed E-state index contributed by atoms with van der Waals surface area (Å²) in [7, 11) is 7.51. The molecule has 1 amide bonds. The molecule has 1 aliphatic heterocycles. The third kappa shape index (κ3) is 5.02. The maximum Gasteiger partial charge on any atom is 0.263 e. The fraction of sp³-hybridized carbons (Fsp3) is 0.538. The van der Waals surface area contributed by atoms with E-state index in [2.05, 4.69) is 38.2 Å². The van der Waals surface area contributed by atoms with Gasteiger partial charge < -0.3 is 19.9 Å². The van der Waals surface area contributed by atoms with Gasteiger partial charge in [0.25, 0.3) is 5.91 Å². The zero-order valence-electron chi connectivity index (χ0n) is 21.5. The van der Waals surface area contributed by atoms with E-state index in [1.54, 1.807) is 26.1 Å². The smallest absolute Gasteiger partial charge is 0.263 e. The van der Waals surface area contributed by atoms with Crippen LogP contribution < -0.4 is 10.2 Å². The number of fused-ring (bicyclic) bond motifs is 1. The molecular formula is C26H35N7O2S. The van der Waals surface area contributed by atoms with Crippen molar-refractivity contribution in [3.63, 3.8) is 0 Å². The molecule has 0 bridgehead atoms. The molecule has 5 rings (SSSR count). The van der Waals surface area contributed by atoms with Crippen LogP contribution in [0, 0.1) is 0 Å². The Hall–Kier alpha value is -2.82. The normalized spacial score (nSPS) is 19.2. The Labute approximate surface area is 216 Å². The number of hydrogen-bond donors (Lipinski definition) is 1. The van der Waals surface area contributed by atoms with Crippen molar-refractivity contribution in [2.75, 3.05) is 64.7 Å². The molecule has 1 aliphatic carbocycles. The number of pyridine rings is 1. The van der Waals surface area contributed by atoms with Gasteiger partial charge in [0.05, 0.1) is 45.8 Å². The number of thiophene rings is 1. The van der Waals surface area contributed by atoms with Gasteiger partial charge in [-0.3, -0.25) is 9.69 Å². The number of nitrogens with zero attached hydrogens (tertiary/aromatic N) is 6. The second kappa shape index (κ2) is 10.7. The van der Waals surface area contributed by atoms with Crippen LogP contribution in [0.15, 0.2) is 24.5 Å². The van der Waals surface area contributed by atoms with E-state index in [4.69, 9.17) is 9.72 Å². The molecule has 9 nitrogen and oxygen atoms in total. The third-order valence-electron chi connectivity index (χ3n) is 7.32. The summed E-state index contributed by atoms with van der Waals surface area (Å²) in [5, 5.41) is 3.27. The largest absolute Gasteiger partial charge is 0.383 e. The maximum absolute atomic E-state index is 13.0. The molecule has 1 N–H and O–H groups in total. The van der Waals surface area contributed by atoms with Crippen LogP contribution in [0.2, 0.25) is 0 Å². The Kier molecular flexibility index (Phi) is 7.36. The number of nitrogens with one attached hydrogen (secondary N) is 1. The molecule has 0 radical (unpaired) electrons. The SMILES string of the molecule is COCC1CN(c2ccc(Nc3ncc4sc(C(=O)N(C)C)c(C5CCCC5)c4n3)nc2)CCN1C. The van der Waals surface area contributed by atoms with E-state index in [9.17, 15) is 4.79 Å². The first-order valence-corrected chi connectivity index (χ1v) is 13.4. The van der Waals surface area contributed by atoms with E-state index in [0.717, 1.165) is 58.8 Å². The van der Waals surface area contributed by atoms with Crippen molar-refractivity contribution in [3.8, 4) is 0 Å². The zero-order chi connectivity index (χ0) is 25.2. The fourth-order valence-corrected chi connectivity index (χ4v) is 6.46. The van der Waals surface area contributed by atoms with Crippen LogP contribution >= 0.6 is 11.3 Å². The summed E-state index contributed by atoms with van der Waals surface area (Å²) in [6, 6.07) is 4.43. The molecule has 4 heterocycles. The second-order valence-corrected chi connectivity index (χ2v) is 11.0. The molecule has 1 unspecified atom stereocenters. The van der Waals surface area contributed by atoms with E-state index in [1.165, 1.54) is 24.2 Å². The molecule has 3 aromatic heterocycles. The first-order chi connectivity index (χ1) is 17.4. The number of carbonyl (C=O) groups excluding carboxylic acids is 1. The minimum Gasteiger partial charge on any atom is -0.383 e. The third-order valence-corrected chi connectivity index (χ3v) is 8.44. The van der Waals surface area contributed by atoms with Gasteiger partial charge in [-0.2, -0.15) is 0 Å². The molecule has 36 heavy (non-hydrogen) atoms. The molecular weight excluding hydrogens is 474 g/mol. The van der Waals surface area contributed by atoms with Gasteiger partial charge in [0.2, 0.25) is 5.95 Å². The molecule has 3 aromatic rings. The van der Waals surface area contributed by atoms with Gasteiger partial charge in [-0.05, 0) is 37.9 Å². The minimum absolute atomic E-state index is 0.0447. The van der Waals surface area contributed by atoms with Crippen molar-refractivity contribution < 1.29 is 9.53 Å². The van der Waals surface area contributed by atoms with Crippen LogP contribution in [0.3, 0.4) is 0 Å². The summed E-state index contributed by atoms with van der Waals surface area (Å²) in [4.78, 5) is 34.2. The van der Waals surface area contributed by atoms with Gasteiger partial charge in [0.15, 0.2) is 0 Å². The lowest BCUT2D eigenvalue weighted by molar-refractivity contribution is 0.0831. The van der Waals surface area contributed by atoms with Crippen LogP contribution in [-0.4, -0.2) is 91.2 Å². The molecule has 2 aliphatic rings. The summed E-state index contributed by atoms with van der Waals surface area (Å²) in [5.41, 5.74) is 3.09. The molecule has 1 saturated heterocycles. The number of rotatable bonds is 7. The predicted octanol–water partition coefficient (Wildman–Crippen LogP) is 3.96. The van der Waals surface area contributed by atoms with Crippen molar-refractivity contribution in [2.45, 2.75) is 37.6 Å². The Morgan fingerprint density at radius 1 is 1.19 bits per heavy atom. The van der Waals surface area contributed by atoms with Crippen LogP contribution in [0.25, 0.3) is 10.2 Å². The zero-order valence-corrected chi connectivity index (χ0v) is 22.3. The number of likely N-dealkylation sites (N-methyl/N-ethyl adjacent to an activating group) is 1. The van der Waals surface area contributed by atoms with E-state index >= 15 is 0 Å². The summed E-state index contributed by atoms with van der Waals surface area (Å²) in [6.45, 7) is 3.58. The van der Waals surface area contributed by atoms with Gasteiger partial charge >= 0.3 is 0 Å². The number of methoxy groups -OCH3 is 1. The van der Waals surface area contributed by atoms with Gasteiger partial charge in [0, 0.05) is 46.4 Å². The van der Waals surface area contributed by atoms with Crippen molar-refractivity contribution in [2.24, 2.45) is 0 Å². The van der Waals surface area contributed by atoms with E-state index in [1.807, 2.05) is 18.5 Å². The first kappa shape index (κ1) is 24.9. The lowest BCUT2D eigenvalue weighted by Gasteiger charge is -2.40. The Morgan fingerprint density at radius 3 is 2.69 bits per heavy atom. The average Bonchev–Trinajstić information content (AvgIpc) is 3.53. The molecule has 10 heteroatoms. The predicted molar refractivity (Wildman–Crippen MR) is 145 cm³/mol. The second-order valence-electron chi connectivity index (χ2n) is 9.99. The molecule has 1 atom stereocenters. The number of aromatic nitrogens is 3. The average molecular weight is 510 g/mol. The highest BCUT2D eigenvalue weighted by molar-refractivity contribution is 7.21. The molecule has 2 fully saturated rings. The quantitative estimate of drug-likeness (QED) is 0.512. The minimum atomic E-state index is 0.0447. The van der Waals surface area contributed by atoms with Crippen LogP contribution in [0.4, 0.5) is 17.5 Å². The Balaban J connectivity index is 1.37. The fourth-order valence-electron chi connectivity index (χ4n) is 5.24. The number of anilines is 3. The topological polar surface area (TPSA) is 86.7 Å².